The van der Waals surface area contributed by atoms with Crippen molar-refractivity contribution in [3.05, 3.63) is 101 Å². The van der Waals surface area contributed by atoms with E-state index in [1.54, 1.807) is 42.6 Å². The van der Waals surface area contributed by atoms with Gasteiger partial charge < -0.3 is 39.5 Å². The molecule has 3 aromatic heterocycles. The number of hydrogen-bond acceptors (Lipinski definition) is 16. The van der Waals surface area contributed by atoms with Gasteiger partial charge in [-0.3, -0.25) is 39.1 Å². The molecule has 2 saturated heterocycles. The molecule has 3 fully saturated rings. The van der Waals surface area contributed by atoms with Crippen LogP contribution in [0.25, 0.3) is 17.1 Å². The summed E-state index contributed by atoms with van der Waals surface area (Å²) in [6, 6.07) is 14.9. The minimum Gasteiger partial charge on any atom is -0.444 e. The van der Waals surface area contributed by atoms with Gasteiger partial charge in [0.2, 0.25) is 17.7 Å². The normalized spacial score (nSPS) is 17.3. The molecule has 1 aliphatic carbocycles. The molecular weight excluding hydrogens is 925 g/mol. The largest absolute Gasteiger partial charge is 0.444 e. The topological polar surface area (TPSA) is 228 Å². The number of pyridine rings is 1. The van der Waals surface area contributed by atoms with Crippen molar-refractivity contribution < 1.29 is 51.4 Å². The molecule has 2 aromatic carbocycles. The Balaban J connectivity index is 0.616. The lowest BCUT2D eigenvalue weighted by molar-refractivity contribution is -0.136. The highest BCUT2D eigenvalue weighted by Gasteiger charge is 2.46. The Morgan fingerprint density at radius 3 is 2.39 bits per heavy atom. The van der Waals surface area contributed by atoms with Gasteiger partial charge >= 0.3 is 0 Å². The molecule has 9 rings (SSSR count). The Kier molecular flexibility index (Phi) is 15.8. The number of carbonyl (C=O) groups is 5. The number of alkyl halides is 2. The first kappa shape index (κ1) is 49.0. The Bertz CT molecular complexity index is 2700. The van der Waals surface area contributed by atoms with Crippen LogP contribution >= 0.6 is 0 Å². The summed E-state index contributed by atoms with van der Waals surface area (Å²) in [7, 11) is 0. The highest BCUT2D eigenvalue weighted by Crippen LogP contribution is 2.35. The fourth-order valence-corrected chi connectivity index (χ4v) is 8.56. The average Bonchev–Trinajstić information content (AvgIpc) is 3.78. The summed E-state index contributed by atoms with van der Waals surface area (Å²) in [5.41, 5.74) is 2.56. The van der Waals surface area contributed by atoms with E-state index in [0.29, 0.717) is 100 Å². The molecule has 20 nitrogen and oxygen atoms in total. The summed E-state index contributed by atoms with van der Waals surface area (Å²) in [4.78, 5) is 78.0. The van der Waals surface area contributed by atoms with Crippen LogP contribution < -0.4 is 26.2 Å². The third-order valence-electron chi connectivity index (χ3n) is 12.6. The van der Waals surface area contributed by atoms with E-state index in [9.17, 15) is 32.8 Å². The average molecular weight is 980 g/mol. The van der Waals surface area contributed by atoms with E-state index in [0.717, 1.165) is 36.6 Å². The van der Waals surface area contributed by atoms with Crippen LogP contribution in [0.5, 0.6) is 0 Å². The molecule has 71 heavy (non-hydrogen) atoms. The number of rotatable bonds is 24. The number of amides is 5. The van der Waals surface area contributed by atoms with Crippen LogP contribution in [0, 0.1) is 5.92 Å². The predicted molar refractivity (Wildman–Crippen MR) is 253 cm³/mol. The van der Waals surface area contributed by atoms with Gasteiger partial charge in [0.15, 0.2) is 11.4 Å². The van der Waals surface area contributed by atoms with E-state index < -0.39 is 47.7 Å². The zero-order valence-corrected chi connectivity index (χ0v) is 38.9. The number of piperazine rings is 1. The Morgan fingerprint density at radius 1 is 0.887 bits per heavy atom. The maximum absolute atomic E-state index is 14.1. The minimum atomic E-state index is -2.94. The second kappa shape index (κ2) is 22.8. The lowest BCUT2D eigenvalue weighted by Gasteiger charge is -2.36. The van der Waals surface area contributed by atoms with Gasteiger partial charge in [-0.1, -0.05) is 18.2 Å². The van der Waals surface area contributed by atoms with Crippen LogP contribution in [0.2, 0.25) is 0 Å². The second-order valence-corrected chi connectivity index (χ2v) is 17.6. The molecular formula is C49H55F2N11O9. The molecule has 1 unspecified atom stereocenters. The maximum atomic E-state index is 14.1. The van der Waals surface area contributed by atoms with Gasteiger partial charge in [0.05, 0.1) is 74.0 Å². The summed E-state index contributed by atoms with van der Waals surface area (Å²) < 4.78 is 52.1. The lowest BCUT2D eigenvalue weighted by atomic mass is 10.0. The summed E-state index contributed by atoms with van der Waals surface area (Å²) in [5.74, 6) is -1.25. The van der Waals surface area contributed by atoms with Crippen molar-refractivity contribution in [1.29, 1.82) is 0 Å². The van der Waals surface area contributed by atoms with Gasteiger partial charge in [-0.25, -0.2) is 23.4 Å². The number of oxazole rings is 1. The van der Waals surface area contributed by atoms with E-state index in [2.05, 4.69) is 46.1 Å². The van der Waals surface area contributed by atoms with Crippen LogP contribution in [0.15, 0.2) is 77.7 Å². The smallest absolute Gasteiger partial charge is 0.284 e. The molecule has 0 radical (unpaired) electrons. The molecule has 4 N–H and O–H groups in total. The first-order chi connectivity index (χ1) is 34.6. The minimum absolute atomic E-state index is 0.0693. The highest BCUT2D eigenvalue weighted by atomic mass is 19.3. The number of imide groups is 2. The fourth-order valence-electron chi connectivity index (χ4n) is 8.56. The molecule has 5 aromatic rings. The van der Waals surface area contributed by atoms with Gasteiger partial charge in [-0.05, 0) is 67.1 Å². The number of hydrogen-bond donors (Lipinski definition) is 4. The van der Waals surface area contributed by atoms with Crippen molar-refractivity contribution in [2.24, 2.45) is 5.92 Å². The van der Waals surface area contributed by atoms with Gasteiger partial charge in [-0.2, -0.15) is 5.10 Å². The lowest BCUT2D eigenvalue weighted by Crippen LogP contribution is -2.54. The molecule has 0 spiro atoms. The number of nitrogens with zero attached hydrogens (tertiary/aromatic N) is 7. The number of halogens is 2. The van der Waals surface area contributed by atoms with Crippen molar-refractivity contribution in [3.63, 3.8) is 0 Å². The summed E-state index contributed by atoms with van der Waals surface area (Å²) in [6.45, 7) is 8.24. The van der Waals surface area contributed by atoms with Gasteiger partial charge in [-0.15, -0.1) is 0 Å². The molecule has 1 saturated carbocycles. The number of aromatic nitrogens is 4. The van der Waals surface area contributed by atoms with Gasteiger partial charge in [0.25, 0.3) is 24.1 Å². The Labute approximate surface area is 407 Å². The van der Waals surface area contributed by atoms with Crippen LogP contribution in [0.1, 0.15) is 74.6 Å². The van der Waals surface area contributed by atoms with Crippen molar-refractivity contribution in [3.8, 4) is 17.1 Å². The van der Waals surface area contributed by atoms with Crippen molar-refractivity contribution in [2.45, 2.75) is 44.7 Å². The number of nitrogens with one attached hydrogen (secondary N) is 4. The standard InChI is InChI=1S/C49H55F2N11O9/c50-44(51)43-36(55-45(64)37-30-71-47(56-37)33-12-13-53-40(26-33)54-28-32-4-5-32)29-61(58-43)34-8-6-31(7-9-34)27-52-14-20-68-22-24-70-25-23-69-21-19-59-15-17-60(18-16-59)38-3-1-2-35-42(38)49(67)62(48(35)66)39-10-11-41(63)57-46(39)65/h1-3,6-9,12-13,26,29-30,32,39,44,52H,4-5,10-11,14-25,27-28H2,(H,53,54)(H,55,64)(H,57,63,65). The monoisotopic (exact) mass is 979 g/mol. The number of fused-ring (bicyclic) bond motifs is 1. The third-order valence-corrected chi connectivity index (χ3v) is 12.6. The van der Waals surface area contributed by atoms with E-state index in [4.69, 9.17) is 18.6 Å². The SMILES string of the molecule is O=C1CCC(N2C(=O)c3cccc(N4CCN(CCOCCOCCOCCNCc5ccc(-n6cc(NC(=O)c7coc(-c8ccnc(NCC9CC9)c8)n7)c(C(F)F)n6)cc5)CC4)c3C2=O)C(=O)N1. The Morgan fingerprint density at radius 2 is 1.65 bits per heavy atom. The molecule has 6 heterocycles. The first-order valence-electron chi connectivity index (χ1n) is 23.8. The van der Waals surface area contributed by atoms with Crippen LogP contribution in [-0.2, 0) is 30.3 Å². The van der Waals surface area contributed by atoms with E-state index in [1.165, 1.54) is 30.0 Å². The van der Waals surface area contributed by atoms with Gasteiger partial charge in [0, 0.05) is 70.5 Å². The zero-order chi connectivity index (χ0) is 49.3. The summed E-state index contributed by atoms with van der Waals surface area (Å²) in [6.07, 6.45) is 3.77. The molecule has 22 heteroatoms. The number of anilines is 3. The summed E-state index contributed by atoms with van der Waals surface area (Å²) >= 11 is 0. The molecule has 1 atom stereocenters. The Hall–Kier alpha value is -6.98. The number of piperidine rings is 1. The molecule has 0 bridgehead atoms. The van der Waals surface area contributed by atoms with Gasteiger partial charge in [0.1, 0.15) is 18.1 Å². The van der Waals surface area contributed by atoms with Crippen LogP contribution in [-0.4, -0.2) is 151 Å². The van der Waals surface area contributed by atoms with Crippen LogP contribution in [0.4, 0.5) is 26.0 Å². The number of benzene rings is 2. The van der Waals surface area contributed by atoms with E-state index >= 15 is 0 Å². The summed E-state index contributed by atoms with van der Waals surface area (Å²) in [5, 5.41) is 15.4. The number of carbonyl (C=O) groups excluding carboxylic acids is 5. The molecule has 4 aliphatic rings. The molecule has 5 amide bonds. The predicted octanol–water partition coefficient (Wildman–Crippen LogP) is 4.30. The second-order valence-electron chi connectivity index (χ2n) is 17.6. The van der Waals surface area contributed by atoms with Crippen molar-refractivity contribution >= 4 is 46.7 Å². The van der Waals surface area contributed by atoms with Crippen molar-refractivity contribution in [2.75, 3.05) is 101 Å². The molecule has 374 valence electrons. The first-order valence-corrected chi connectivity index (χ1v) is 23.8. The van der Waals surface area contributed by atoms with E-state index in [1.807, 2.05) is 18.2 Å². The maximum Gasteiger partial charge on any atom is 0.284 e. The zero-order valence-electron chi connectivity index (χ0n) is 38.9. The number of ether oxygens (including phenoxy) is 3. The van der Waals surface area contributed by atoms with Crippen molar-refractivity contribution in [1.82, 2.24) is 40.2 Å². The fraction of sp³-hybridized carbons (Fsp3) is 0.429. The molecule has 3 aliphatic heterocycles. The van der Waals surface area contributed by atoms with Crippen LogP contribution in [0.3, 0.4) is 0 Å². The third kappa shape index (κ3) is 12.1. The van der Waals surface area contributed by atoms with E-state index in [-0.39, 0.29) is 35.7 Å². The highest BCUT2D eigenvalue weighted by molar-refractivity contribution is 6.25. The quantitative estimate of drug-likeness (QED) is 0.0500.